The summed E-state index contributed by atoms with van der Waals surface area (Å²) in [6.45, 7) is -3.35. The van der Waals surface area contributed by atoms with Crippen LogP contribution < -0.4 is 14.5 Å². The predicted octanol–water partition coefficient (Wildman–Crippen LogP) is 5.70. The Balaban J connectivity index is 0.00000420. The minimum Gasteiger partial charge on any atom is -0.870 e. The van der Waals surface area contributed by atoms with Crippen LogP contribution in [0.3, 0.4) is 0 Å². The van der Waals surface area contributed by atoms with E-state index in [-0.39, 0.29) is 29.0 Å². The van der Waals surface area contributed by atoms with Gasteiger partial charge in [-0.05, 0) is 48.6 Å². The Bertz CT molecular complexity index is 1260. The normalized spacial score (nSPS) is 13.3. The molecule has 0 amide bonds. The highest BCUT2D eigenvalue weighted by Crippen LogP contribution is 2.37. The molecule has 0 radical (unpaired) electrons. The fourth-order valence-electron chi connectivity index (χ4n) is 3.58. The number of pyridine rings is 1. The zero-order chi connectivity index (χ0) is 27.1. The number of esters is 2. The van der Waals surface area contributed by atoms with Crippen molar-refractivity contribution in [2.24, 2.45) is 5.92 Å². The Hall–Kier alpha value is -3.47. The van der Waals surface area contributed by atoms with E-state index in [2.05, 4.69) is 9.72 Å². The number of carbonyl (C=O) groups excluding carboxylic acids is 2. The molecule has 2 N–H and O–H groups in total. The third kappa shape index (κ3) is 8.77. The number of carbonyl (C=O) groups is 2. The molecule has 1 atom stereocenters. The highest BCUT2D eigenvalue weighted by Gasteiger charge is 2.26. The number of rotatable bonds is 12. The fraction of sp³-hybridized carbons (Fsp3) is 0.296. The van der Waals surface area contributed by atoms with Gasteiger partial charge in [0.1, 0.15) is 16.1 Å². The van der Waals surface area contributed by atoms with Crippen LogP contribution in [0.1, 0.15) is 40.4 Å². The lowest BCUT2D eigenvalue weighted by molar-refractivity contribution is -0.377. The average molecular weight is 584 g/mol. The standard InChI is InChI=1S/C27H23Cl2F2NO6.H2O/c28-20-12-32-13-21(29)19(20)11-23(37-25(33)15-36-26(34)17-4-2-1-3-5-17)18-8-9-22(38-27(30)31)24(10-18)35-14-16-6-7-16;/h1-5,8-10,12-13,16,23,27H,6-7,11,14-15H2;1H2/t23-;/m0./s1. The van der Waals surface area contributed by atoms with Gasteiger partial charge in [-0.3, -0.25) is 0 Å². The molecule has 1 aliphatic rings. The second-order valence-electron chi connectivity index (χ2n) is 8.59. The van der Waals surface area contributed by atoms with Crippen LogP contribution in [0.25, 0.3) is 0 Å². The van der Waals surface area contributed by atoms with Gasteiger partial charge in [0.2, 0.25) is 0 Å². The number of nitrogens with one attached hydrogen (secondary N) is 1. The van der Waals surface area contributed by atoms with Gasteiger partial charge in [-0.15, -0.1) is 0 Å². The lowest BCUT2D eigenvalue weighted by Crippen LogP contribution is -2.21. The molecule has 0 spiro atoms. The van der Waals surface area contributed by atoms with Gasteiger partial charge in [0.25, 0.3) is 0 Å². The summed E-state index contributed by atoms with van der Waals surface area (Å²) in [4.78, 5) is 27.7. The highest BCUT2D eigenvalue weighted by molar-refractivity contribution is 6.35. The molecular weight excluding hydrogens is 559 g/mol. The Kier molecular flexibility index (Phi) is 10.8. The SMILES string of the molecule is O=C(COC(=O)c1ccccc1)O[C@@H](Cc1c(Cl)c[nH+]cc1Cl)c1ccc(OC(F)F)c(OCC2CC2)c1.[OH-]. The Morgan fingerprint density at radius 2 is 1.69 bits per heavy atom. The summed E-state index contributed by atoms with van der Waals surface area (Å²) in [5.74, 6) is -1.22. The third-order valence-electron chi connectivity index (χ3n) is 5.72. The van der Waals surface area contributed by atoms with Gasteiger partial charge in [0.05, 0.1) is 12.2 Å². The summed E-state index contributed by atoms with van der Waals surface area (Å²) in [7, 11) is 0. The lowest BCUT2D eigenvalue weighted by atomic mass is 10.0. The third-order valence-corrected chi connectivity index (χ3v) is 6.39. The highest BCUT2D eigenvalue weighted by atomic mass is 35.5. The van der Waals surface area contributed by atoms with E-state index in [9.17, 15) is 18.4 Å². The van der Waals surface area contributed by atoms with E-state index in [1.165, 1.54) is 30.6 Å². The van der Waals surface area contributed by atoms with Crippen molar-refractivity contribution in [2.45, 2.75) is 32.0 Å². The molecule has 1 aliphatic carbocycles. The van der Waals surface area contributed by atoms with E-state index in [0.29, 0.717) is 33.7 Å². The zero-order valence-electron chi connectivity index (χ0n) is 20.4. The smallest absolute Gasteiger partial charge is 0.387 e. The first-order chi connectivity index (χ1) is 18.3. The Labute approximate surface area is 233 Å². The summed E-state index contributed by atoms with van der Waals surface area (Å²) >= 11 is 12.6. The Morgan fingerprint density at radius 3 is 2.33 bits per heavy atom. The Morgan fingerprint density at radius 1 is 1.00 bits per heavy atom. The number of ether oxygens (including phenoxy) is 4. The molecule has 1 aromatic heterocycles. The molecule has 0 bridgehead atoms. The van der Waals surface area contributed by atoms with Gasteiger partial charge < -0.3 is 24.4 Å². The molecule has 0 unspecified atom stereocenters. The van der Waals surface area contributed by atoms with Gasteiger partial charge in [-0.1, -0.05) is 47.5 Å². The molecule has 0 saturated heterocycles. The van der Waals surface area contributed by atoms with E-state index < -0.39 is 31.3 Å². The van der Waals surface area contributed by atoms with E-state index in [1.807, 2.05) is 0 Å². The van der Waals surface area contributed by atoms with Gasteiger partial charge >= 0.3 is 18.6 Å². The number of H-pyrrole nitrogens is 1. The van der Waals surface area contributed by atoms with Crippen LogP contribution in [0.5, 0.6) is 11.5 Å². The second-order valence-corrected chi connectivity index (χ2v) is 9.41. The first kappa shape index (κ1) is 30.1. The van der Waals surface area contributed by atoms with Crippen LogP contribution in [0.4, 0.5) is 8.78 Å². The molecule has 208 valence electrons. The first-order valence-corrected chi connectivity index (χ1v) is 12.5. The molecule has 39 heavy (non-hydrogen) atoms. The molecule has 3 aromatic rings. The topological polar surface area (TPSA) is 115 Å². The van der Waals surface area contributed by atoms with Crippen LogP contribution in [-0.2, 0) is 20.7 Å². The number of hydrogen-bond acceptors (Lipinski definition) is 7. The quantitative estimate of drug-likeness (QED) is 0.251. The van der Waals surface area contributed by atoms with Crippen molar-refractivity contribution in [2.75, 3.05) is 13.2 Å². The van der Waals surface area contributed by atoms with Crippen LogP contribution in [0.15, 0.2) is 60.9 Å². The van der Waals surface area contributed by atoms with Crippen molar-refractivity contribution >= 4 is 35.1 Å². The average Bonchev–Trinajstić information content (AvgIpc) is 3.73. The number of alkyl halides is 2. The van der Waals surface area contributed by atoms with Crippen molar-refractivity contribution in [1.82, 2.24) is 0 Å². The molecule has 0 aliphatic heterocycles. The summed E-state index contributed by atoms with van der Waals surface area (Å²) in [5.41, 5.74) is 1.18. The summed E-state index contributed by atoms with van der Waals surface area (Å²) in [5, 5.41) is 0.605. The van der Waals surface area contributed by atoms with Crippen LogP contribution in [0.2, 0.25) is 10.0 Å². The zero-order valence-corrected chi connectivity index (χ0v) is 22.0. The lowest BCUT2D eigenvalue weighted by Gasteiger charge is -2.21. The van der Waals surface area contributed by atoms with Crippen molar-refractivity contribution in [3.63, 3.8) is 0 Å². The monoisotopic (exact) mass is 583 g/mol. The molecule has 12 heteroatoms. The van der Waals surface area contributed by atoms with Crippen LogP contribution in [0, 0.1) is 5.92 Å². The maximum atomic E-state index is 13.0. The van der Waals surface area contributed by atoms with Crippen LogP contribution in [-0.4, -0.2) is 37.2 Å². The number of benzene rings is 2. The minimum atomic E-state index is -3.05. The van der Waals surface area contributed by atoms with Crippen molar-refractivity contribution < 1.29 is 47.8 Å². The van der Waals surface area contributed by atoms with E-state index >= 15 is 0 Å². The van der Waals surface area contributed by atoms with E-state index in [0.717, 1.165) is 12.8 Å². The molecule has 1 fully saturated rings. The number of aromatic amines is 1. The predicted molar refractivity (Wildman–Crippen MR) is 136 cm³/mol. The van der Waals surface area contributed by atoms with Gasteiger partial charge in [-0.25, -0.2) is 14.6 Å². The van der Waals surface area contributed by atoms with Gasteiger partial charge in [-0.2, -0.15) is 8.78 Å². The number of aromatic nitrogens is 1. The second kappa shape index (κ2) is 14.1. The number of hydrogen-bond donors (Lipinski definition) is 0. The number of halogens is 4. The molecule has 1 heterocycles. The molecule has 1 saturated carbocycles. The largest absolute Gasteiger partial charge is 0.870 e. The molecule has 2 aromatic carbocycles. The summed E-state index contributed by atoms with van der Waals surface area (Å²) < 4.78 is 47.1. The van der Waals surface area contributed by atoms with E-state index in [4.69, 9.17) is 37.4 Å². The molecule has 4 rings (SSSR count). The summed E-state index contributed by atoms with van der Waals surface area (Å²) in [6.07, 6.45) is 4.10. The maximum absolute atomic E-state index is 13.0. The van der Waals surface area contributed by atoms with Gasteiger partial charge in [0.15, 0.2) is 30.5 Å². The minimum absolute atomic E-state index is 0. The summed E-state index contributed by atoms with van der Waals surface area (Å²) in [6, 6.07) is 12.5. The maximum Gasteiger partial charge on any atom is 0.387 e. The van der Waals surface area contributed by atoms with Gasteiger partial charge in [0, 0.05) is 12.0 Å². The van der Waals surface area contributed by atoms with Crippen molar-refractivity contribution in [1.29, 1.82) is 0 Å². The van der Waals surface area contributed by atoms with Crippen molar-refractivity contribution in [3.8, 4) is 11.5 Å². The van der Waals surface area contributed by atoms with Crippen LogP contribution >= 0.6 is 23.2 Å². The first-order valence-electron chi connectivity index (χ1n) is 11.8. The fourth-order valence-corrected chi connectivity index (χ4v) is 4.11. The molecule has 8 nitrogen and oxygen atoms in total. The van der Waals surface area contributed by atoms with Crippen molar-refractivity contribution in [3.05, 3.63) is 87.7 Å². The van der Waals surface area contributed by atoms with E-state index in [1.54, 1.807) is 30.3 Å². The molecular formula is C27H25Cl2F2NO7.